The Morgan fingerprint density at radius 1 is 1.17 bits per heavy atom. The molecule has 10 nitrogen and oxygen atoms in total. The number of carbonyl (C=O) groups excluding carboxylic acids is 1. The van der Waals surface area contributed by atoms with Gasteiger partial charge in [0, 0.05) is 31.0 Å². The highest BCUT2D eigenvalue weighted by Crippen LogP contribution is 2.43. The summed E-state index contributed by atoms with van der Waals surface area (Å²) in [7, 11) is 0. The third kappa shape index (κ3) is 3.48. The number of rotatable bonds is 5. The van der Waals surface area contributed by atoms with E-state index in [9.17, 15) is 9.90 Å². The molecule has 2 aliphatic rings. The Hall–Kier alpha value is -2.76. The number of piperidine rings is 1. The molecule has 0 saturated carbocycles. The summed E-state index contributed by atoms with van der Waals surface area (Å²) in [5, 5.41) is 22.6. The van der Waals surface area contributed by atoms with E-state index in [4.69, 9.17) is 0 Å². The molecule has 0 aliphatic carbocycles. The van der Waals surface area contributed by atoms with Crippen LogP contribution in [-0.2, 0) is 4.79 Å². The molecular formula is C19H22N8O2S. The maximum Gasteiger partial charge on any atom is 0.234 e. The fourth-order valence-electron chi connectivity index (χ4n) is 4.35. The van der Waals surface area contributed by atoms with Crippen molar-refractivity contribution in [2.75, 3.05) is 31.1 Å². The van der Waals surface area contributed by atoms with Crippen molar-refractivity contribution < 1.29 is 9.90 Å². The van der Waals surface area contributed by atoms with E-state index in [0.717, 1.165) is 49.5 Å². The lowest BCUT2D eigenvalue weighted by molar-refractivity contribution is -0.128. The zero-order valence-electron chi connectivity index (χ0n) is 16.3. The molecule has 1 atom stereocenters. The molecule has 156 valence electrons. The Morgan fingerprint density at radius 3 is 2.67 bits per heavy atom. The maximum absolute atomic E-state index is 13.1. The highest BCUT2D eigenvalue weighted by atomic mass is 32.1. The number of carbonyl (C=O) groups is 1. The minimum atomic E-state index is -0.637. The molecule has 0 bridgehead atoms. The first-order valence-electron chi connectivity index (χ1n) is 9.97. The van der Waals surface area contributed by atoms with E-state index in [1.165, 1.54) is 22.5 Å². The number of β-amino-alcohol motifs (C(OH)–C–C–N with tert-alkyl or cyclic N) is 1. The number of hydrogen-bond donors (Lipinski definition) is 1. The third-order valence-corrected chi connectivity index (χ3v) is 6.96. The number of hydrogen-bond acceptors (Lipinski definition) is 9. The van der Waals surface area contributed by atoms with Gasteiger partial charge in [0.2, 0.25) is 5.91 Å². The lowest BCUT2D eigenvalue weighted by Crippen LogP contribution is -2.45. The number of tetrazole rings is 1. The SMILES string of the molecule is O=C1N(c2ccns2)CCC12CCN(C[C@@H](O)c1ccc(-n3cnnn3)nc1)CC2. The van der Waals surface area contributed by atoms with Crippen molar-refractivity contribution in [3.8, 4) is 5.82 Å². The summed E-state index contributed by atoms with van der Waals surface area (Å²) in [6, 6.07) is 5.53. The van der Waals surface area contributed by atoms with Crippen molar-refractivity contribution >= 4 is 22.4 Å². The van der Waals surface area contributed by atoms with Gasteiger partial charge in [0.05, 0.1) is 11.5 Å². The van der Waals surface area contributed by atoms with Gasteiger partial charge in [0.15, 0.2) is 5.82 Å². The van der Waals surface area contributed by atoms with Gasteiger partial charge in [-0.2, -0.15) is 9.06 Å². The van der Waals surface area contributed by atoms with Gasteiger partial charge >= 0.3 is 0 Å². The topological polar surface area (TPSA) is 113 Å². The van der Waals surface area contributed by atoms with Gasteiger partial charge in [-0.3, -0.25) is 4.79 Å². The monoisotopic (exact) mass is 426 g/mol. The molecule has 5 heterocycles. The van der Waals surface area contributed by atoms with Crippen LogP contribution in [0.15, 0.2) is 36.9 Å². The van der Waals surface area contributed by atoms with E-state index in [-0.39, 0.29) is 11.3 Å². The van der Waals surface area contributed by atoms with E-state index < -0.39 is 6.10 Å². The van der Waals surface area contributed by atoms with Gasteiger partial charge in [-0.05, 0) is 66.4 Å². The van der Waals surface area contributed by atoms with Crippen LogP contribution in [0.1, 0.15) is 30.9 Å². The summed E-state index contributed by atoms with van der Waals surface area (Å²) < 4.78 is 5.59. The van der Waals surface area contributed by atoms with Crippen molar-refractivity contribution in [1.29, 1.82) is 0 Å². The molecule has 3 aromatic heterocycles. The van der Waals surface area contributed by atoms with E-state index in [2.05, 4.69) is 29.8 Å². The summed E-state index contributed by atoms with van der Waals surface area (Å²) in [5.74, 6) is 0.829. The first-order chi connectivity index (χ1) is 14.6. The fourth-order valence-corrected chi connectivity index (χ4v) is 4.98. The third-order valence-electron chi connectivity index (χ3n) is 6.19. The highest BCUT2D eigenvalue weighted by molar-refractivity contribution is 7.10. The number of pyridine rings is 1. The number of aromatic nitrogens is 6. The second-order valence-corrected chi connectivity index (χ2v) is 8.67. The van der Waals surface area contributed by atoms with Crippen molar-refractivity contribution in [2.45, 2.75) is 25.4 Å². The minimum Gasteiger partial charge on any atom is -0.387 e. The van der Waals surface area contributed by atoms with Gasteiger partial charge in [-0.15, -0.1) is 5.10 Å². The van der Waals surface area contributed by atoms with Crippen molar-refractivity contribution in [2.24, 2.45) is 5.41 Å². The number of likely N-dealkylation sites (tertiary alicyclic amines) is 1. The lowest BCUT2D eigenvalue weighted by atomic mass is 9.77. The number of aliphatic hydroxyl groups excluding tert-OH is 1. The van der Waals surface area contributed by atoms with Crippen LogP contribution >= 0.6 is 11.5 Å². The predicted molar refractivity (Wildman–Crippen MR) is 109 cm³/mol. The normalized spacial score (nSPS) is 20.2. The maximum atomic E-state index is 13.1. The van der Waals surface area contributed by atoms with Crippen LogP contribution in [0.2, 0.25) is 0 Å². The standard InChI is InChI=1S/C19H22N8O2S/c28-15(14-1-2-16(20-11-14)27-13-21-23-24-27)12-25-8-4-19(5-9-25)6-10-26(18(19)29)17-3-7-22-30-17/h1-3,7,11,13,15,28H,4-6,8-10,12H2/t15-/m1/s1. The quantitative estimate of drug-likeness (QED) is 0.645. The summed E-state index contributed by atoms with van der Waals surface area (Å²) in [6.45, 7) is 2.89. The van der Waals surface area contributed by atoms with E-state index in [1.54, 1.807) is 18.5 Å². The van der Waals surface area contributed by atoms with E-state index >= 15 is 0 Å². The smallest absolute Gasteiger partial charge is 0.234 e. The van der Waals surface area contributed by atoms with Crippen LogP contribution in [0.4, 0.5) is 5.00 Å². The molecule has 0 unspecified atom stereocenters. The Morgan fingerprint density at radius 2 is 2.00 bits per heavy atom. The van der Waals surface area contributed by atoms with E-state index in [0.29, 0.717) is 12.4 Å². The molecular weight excluding hydrogens is 404 g/mol. The van der Waals surface area contributed by atoms with Gasteiger partial charge < -0.3 is 14.9 Å². The summed E-state index contributed by atoms with van der Waals surface area (Å²) in [4.78, 5) is 21.5. The lowest BCUT2D eigenvalue weighted by Gasteiger charge is -2.38. The zero-order chi connectivity index (χ0) is 20.6. The fraction of sp³-hybridized carbons (Fsp3) is 0.474. The minimum absolute atomic E-state index is 0.231. The first kappa shape index (κ1) is 19.2. The second kappa shape index (κ2) is 7.82. The molecule has 2 saturated heterocycles. The second-order valence-electron chi connectivity index (χ2n) is 7.86. The van der Waals surface area contributed by atoms with Gasteiger partial charge in [-0.25, -0.2) is 4.98 Å². The Labute approximate surface area is 177 Å². The van der Waals surface area contributed by atoms with Crippen molar-refractivity contribution in [3.63, 3.8) is 0 Å². The van der Waals surface area contributed by atoms with Crippen LogP contribution in [-0.4, -0.2) is 71.7 Å². The molecule has 1 spiro atoms. The molecule has 5 rings (SSSR count). The molecule has 2 aliphatic heterocycles. The predicted octanol–water partition coefficient (Wildman–Crippen LogP) is 1.07. The van der Waals surface area contributed by atoms with Gasteiger partial charge in [0.25, 0.3) is 0 Å². The van der Waals surface area contributed by atoms with E-state index in [1.807, 2.05) is 17.0 Å². The first-order valence-corrected chi connectivity index (χ1v) is 10.7. The molecule has 0 radical (unpaired) electrons. The van der Waals surface area contributed by atoms with Gasteiger partial charge in [0.1, 0.15) is 11.3 Å². The molecule has 0 aromatic carbocycles. The zero-order valence-corrected chi connectivity index (χ0v) is 17.1. The molecule has 2 fully saturated rings. The van der Waals surface area contributed by atoms with Crippen LogP contribution in [0.25, 0.3) is 5.82 Å². The number of amides is 1. The Bertz CT molecular complexity index is 984. The molecule has 11 heteroatoms. The number of aliphatic hydroxyl groups is 1. The van der Waals surface area contributed by atoms with Gasteiger partial charge in [-0.1, -0.05) is 6.07 Å². The molecule has 1 amide bonds. The molecule has 30 heavy (non-hydrogen) atoms. The Kier molecular flexibility index (Phi) is 5.01. The van der Waals surface area contributed by atoms with Crippen molar-refractivity contribution in [3.05, 3.63) is 42.5 Å². The molecule has 3 aromatic rings. The summed E-state index contributed by atoms with van der Waals surface area (Å²) in [5.41, 5.74) is 0.487. The van der Waals surface area contributed by atoms with Crippen LogP contribution in [0.3, 0.4) is 0 Å². The van der Waals surface area contributed by atoms with Crippen molar-refractivity contribution in [1.82, 2.24) is 34.5 Å². The summed E-state index contributed by atoms with van der Waals surface area (Å²) in [6.07, 6.45) is 6.77. The average Bonchev–Trinajstić information content (AvgIpc) is 3.53. The number of nitrogens with zero attached hydrogens (tertiary/aromatic N) is 8. The van der Waals surface area contributed by atoms with Crippen LogP contribution < -0.4 is 4.90 Å². The number of anilines is 1. The van der Waals surface area contributed by atoms with Crippen LogP contribution in [0.5, 0.6) is 0 Å². The largest absolute Gasteiger partial charge is 0.387 e. The molecule has 1 N–H and O–H groups in total. The summed E-state index contributed by atoms with van der Waals surface area (Å²) >= 11 is 1.37. The highest BCUT2D eigenvalue weighted by Gasteiger charge is 2.48. The average molecular weight is 427 g/mol. The van der Waals surface area contributed by atoms with Crippen LogP contribution in [0, 0.1) is 5.41 Å². The Balaban J connectivity index is 1.18.